The summed E-state index contributed by atoms with van der Waals surface area (Å²) in [7, 11) is 3.76. The molecule has 2 aromatic rings. The normalized spacial score (nSPS) is 13.3. The maximum atomic E-state index is 12.4. The summed E-state index contributed by atoms with van der Waals surface area (Å²) >= 11 is 7.13. The minimum atomic E-state index is -5.08. The molecular weight excluding hydrogens is 563 g/mol. The summed E-state index contributed by atoms with van der Waals surface area (Å²) in [6.45, 7) is 1.25. The Labute approximate surface area is 231 Å². The Kier molecular flexibility index (Phi) is 11.8. The first-order valence-corrected chi connectivity index (χ1v) is 12.5. The highest BCUT2D eigenvalue weighted by atomic mass is 35.5. The lowest BCUT2D eigenvalue weighted by molar-refractivity contribution is -0.192. The van der Waals surface area contributed by atoms with Crippen LogP contribution in [0, 0.1) is 0 Å². The molecule has 0 aliphatic carbocycles. The van der Waals surface area contributed by atoms with Crippen molar-refractivity contribution in [1.29, 1.82) is 0 Å². The van der Waals surface area contributed by atoms with Crippen LogP contribution in [0.5, 0.6) is 0 Å². The van der Waals surface area contributed by atoms with E-state index in [1.54, 1.807) is 30.3 Å². The molecule has 0 radical (unpaired) electrons. The van der Waals surface area contributed by atoms with Gasteiger partial charge in [0.25, 0.3) is 0 Å². The van der Waals surface area contributed by atoms with E-state index in [1.165, 1.54) is 16.8 Å². The molecule has 0 fully saturated rings. The summed E-state index contributed by atoms with van der Waals surface area (Å²) in [5, 5.41) is 18.7. The second kappa shape index (κ2) is 14.5. The number of alkyl halides is 3. The molecule has 10 nitrogen and oxygen atoms in total. The molecule has 1 aliphatic heterocycles. The molecular formula is C24H25ClF3N5O5S. The number of hydrazone groups is 1. The summed E-state index contributed by atoms with van der Waals surface area (Å²) in [5.41, 5.74) is 2.92. The smallest absolute Gasteiger partial charge is 0.475 e. The van der Waals surface area contributed by atoms with E-state index in [2.05, 4.69) is 15.7 Å². The molecule has 0 bridgehead atoms. The van der Waals surface area contributed by atoms with Gasteiger partial charge < -0.3 is 20.6 Å². The Hall–Kier alpha value is -3.62. The molecule has 0 atom stereocenters. The first-order chi connectivity index (χ1) is 18.3. The lowest BCUT2D eigenvalue weighted by Gasteiger charge is -2.23. The largest absolute Gasteiger partial charge is 0.490 e. The molecule has 39 heavy (non-hydrogen) atoms. The van der Waals surface area contributed by atoms with Gasteiger partial charge in [0.15, 0.2) is 0 Å². The van der Waals surface area contributed by atoms with E-state index in [9.17, 15) is 27.6 Å². The van der Waals surface area contributed by atoms with Gasteiger partial charge in [-0.3, -0.25) is 14.4 Å². The molecule has 3 amide bonds. The van der Waals surface area contributed by atoms with Crippen LogP contribution in [-0.4, -0.2) is 82.9 Å². The summed E-state index contributed by atoms with van der Waals surface area (Å²) in [6.07, 6.45) is -5.08. The van der Waals surface area contributed by atoms with Gasteiger partial charge in [-0.2, -0.15) is 18.3 Å². The number of anilines is 1. The van der Waals surface area contributed by atoms with Crippen LogP contribution in [0.2, 0.25) is 5.02 Å². The Bertz CT molecular complexity index is 1230. The van der Waals surface area contributed by atoms with Crippen LogP contribution < -0.4 is 10.6 Å². The van der Waals surface area contributed by atoms with Crippen molar-refractivity contribution in [2.45, 2.75) is 12.7 Å². The van der Waals surface area contributed by atoms with Gasteiger partial charge in [0, 0.05) is 29.6 Å². The number of carbonyl (C=O) groups excluding carboxylic acids is 3. The van der Waals surface area contributed by atoms with Crippen molar-refractivity contribution in [3.63, 3.8) is 0 Å². The highest BCUT2D eigenvalue weighted by molar-refractivity contribution is 8.14. The first-order valence-electron chi connectivity index (χ1n) is 11.2. The van der Waals surface area contributed by atoms with E-state index in [0.717, 1.165) is 16.8 Å². The number of likely N-dealkylation sites (N-methyl/N-ethyl adjacent to an activating group) is 1. The maximum absolute atomic E-state index is 12.4. The SMILES string of the molecule is CN(C)CCNC(=O)C(=O)Nc1cccc(CN2N=C(c3ccc(Cl)cc3)CSC2=O)c1.O=C(O)C(F)(F)F. The van der Waals surface area contributed by atoms with Gasteiger partial charge in [-0.1, -0.05) is 47.6 Å². The van der Waals surface area contributed by atoms with Crippen LogP contribution in [0.3, 0.4) is 0 Å². The molecule has 2 aromatic carbocycles. The Morgan fingerprint density at radius 2 is 1.77 bits per heavy atom. The number of halogens is 4. The molecule has 1 heterocycles. The number of nitrogens with zero attached hydrogens (tertiary/aromatic N) is 3. The number of hydrogen-bond donors (Lipinski definition) is 3. The third-order valence-electron chi connectivity index (χ3n) is 4.77. The van der Waals surface area contributed by atoms with Gasteiger partial charge >= 0.3 is 29.2 Å². The highest BCUT2D eigenvalue weighted by Crippen LogP contribution is 2.23. The van der Waals surface area contributed by atoms with Crippen molar-refractivity contribution < 1.29 is 37.5 Å². The summed E-state index contributed by atoms with van der Waals surface area (Å²) in [5.74, 6) is -3.71. The Morgan fingerprint density at radius 1 is 1.13 bits per heavy atom. The van der Waals surface area contributed by atoms with Crippen LogP contribution in [0.4, 0.5) is 23.7 Å². The number of amides is 3. The zero-order valence-electron chi connectivity index (χ0n) is 20.8. The third kappa shape index (κ3) is 10.9. The molecule has 0 saturated carbocycles. The minimum absolute atomic E-state index is 0.155. The zero-order valence-corrected chi connectivity index (χ0v) is 22.4. The van der Waals surface area contributed by atoms with Gasteiger partial charge in [-0.05, 0) is 49.5 Å². The summed E-state index contributed by atoms with van der Waals surface area (Å²) in [6, 6.07) is 14.3. The second-order valence-corrected chi connectivity index (χ2v) is 9.55. The number of hydrogen-bond acceptors (Lipinski definition) is 7. The van der Waals surface area contributed by atoms with Crippen LogP contribution in [-0.2, 0) is 20.9 Å². The fourth-order valence-electron chi connectivity index (χ4n) is 2.88. The van der Waals surface area contributed by atoms with E-state index in [1.807, 2.05) is 37.2 Å². The van der Waals surface area contributed by atoms with Crippen LogP contribution in [0.25, 0.3) is 0 Å². The zero-order chi connectivity index (χ0) is 29.2. The van der Waals surface area contributed by atoms with Gasteiger partial charge in [0.1, 0.15) is 0 Å². The van der Waals surface area contributed by atoms with Crippen molar-refractivity contribution in [1.82, 2.24) is 15.2 Å². The molecule has 3 N–H and O–H groups in total. The average Bonchev–Trinajstić information content (AvgIpc) is 2.85. The Morgan fingerprint density at radius 3 is 2.36 bits per heavy atom. The number of aliphatic carboxylic acids is 1. The maximum Gasteiger partial charge on any atom is 0.490 e. The molecule has 3 rings (SSSR count). The van der Waals surface area contributed by atoms with Crippen LogP contribution >= 0.6 is 23.4 Å². The minimum Gasteiger partial charge on any atom is -0.475 e. The Balaban J connectivity index is 0.000000673. The molecule has 15 heteroatoms. The number of nitrogens with one attached hydrogen (secondary N) is 2. The van der Waals surface area contributed by atoms with Gasteiger partial charge in [0.2, 0.25) is 0 Å². The third-order valence-corrected chi connectivity index (χ3v) is 5.90. The first kappa shape index (κ1) is 31.6. The molecule has 0 unspecified atom stereocenters. The molecule has 1 aliphatic rings. The van der Waals surface area contributed by atoms with Gasteiger partial charge in [-0.15, -0.1) is 0 Å². The number of carbonyl (C=O) groups is 4. The number of carboxylic acid groups (broad SMARTS) is 1. The lowest BCUT2D eigenvalue weighted by atomic mass is 10.1. The van der Waals surface area contributed by atoms with Crippen LogP contribution in [0.15, 0.2) is 53.6 Å². The lowest BCUT2D eigenvalue weighted by Crippen LogP contribution is -2.38. The number of rotatable bonds is 7. The number of carboxylic acids is 1. The predicted octanol–water partition coefficient (Wildman–Crippen LogP) is 3.66. The fourth-order valence-corrected chi connectivity index (χ4v) is 3.75. The van der Waals surface area contributed by atoms with Gasteiger partial charge in [-0.25, -0.2) is 9.80 Å². The van der Waals surface area contributed by atoms with E-state index < -0.39 is 24.0 Å². The van der Waals surface area contributed by atoms with E-state index in [-0.39, 0.29) is 11.8 Å². The number of thioether (sulfide) groups is 1. The van der Waals surface area contributed by atoms with Crippen molar-refractivity contribution >= 4 is 57.8 Å². The quantitative estimate of drug-likeness (QED) is 0.421. The van der Waals surface area contributed by atoms with E-state index >= 15 is 0 Å². The van der Waals surface area contributed by atoms with Gasteiger partial charge in [0.05, 0.1) is 12.3 Å². The molecule has 0 spiro atoms. The standard InChI is InChI=1S/C22H24ClN5O3S.C2HF3O2/c1-27(2)11-10-24-20(29)21(30)25-18-5-3-4-15(12-18)13-28-22(31)32-14-19(26-28)16-6-8-17(23)9-7-16;3-2(4,5)1(6)7/h3-9,12H,10-11,13-14H2,1-2H3,(H,24,29)(H,25,30);(H,6,7). The van der Waals surface area contributed by atoms with E-state index in [4.69, 9.17) is 21.5 Å². The average molecular weight is 588 g/mol. The monoisotopic (exact) mass is 587 g/mol. The predicted molar refractivity (Wildman–Crippen MR) is 142 cm³/mol. The van der Waals surface area contributed by atoms with Crippen molar-refractivity contribution in [2.24, 2.45) is 5.10 Å². The topological polar surface area (TPSA) is 131 Å². The molecule has 210 valence electrons. The molecule has 0 saturated heterocycles. The highest BCUT2D eigenvalue weighted by Gasteiger charge is 2.38. The second-order valence-electron chi connectivity index (χ2n) is 8.18. The number of benzene rings is 2. The fraction of sp³-hybridized carbons (Fsp3) is 0.292. The summed E-state index contributed by atoms with van der Waals surface area (Å²) < 4.78 is 31.7. The molecule has 0 aromatic heterocycles. The summed E-state index contributed by atoms with van der Waals surface area (Å²) in [4.78, 5) is 47.2. The van der Waals surface area contributed by atoms with Crippen molar-refractivity contribution in [3.05, 3.63) is 64.7 Å². The van der Waals surface area contributed by atoms with Crippen LogP contribution in [0.1, 0.15) is 11.1 Å². The van der Waals surface area contributed by atoms with Crippen molar-refractivity contribution in [3.8, 4) is 0 Å². The van der Waals surface area contributed by atoms with E-state index in [0.29, 0.717) is 29.6 Å². The van der Waals surface area contributed by atoms with Crippen molar-refractivity contribution in [2.75, 3.05) is 38.3 Å².